The summed E-state index contributed by atoms with van der Waals surface area (Å²) in [5.41, 5.74) is 3.44. The second kappa shape index (κ2) is 6.45. The molecule has 0 fully saturated rings. The molecule has 5 N–H and O–H groups in total. The number of ether oxygens (including phenoxy) is 1. The summed E-state index contributed by atoms with van der Waals surface area (Å²) in [4.78, 5) is 36.9. The van der Waals surface area contributed by atoms with E-state index in [4.69, 9.17) is 10.5 Å². The van der Waals surface area contributed by atoms with E-state index in [0.29, 0.717) is 5.75 Å². The fourth-order valence-corrected chi connectivity index (χ4v) is 2.31. The quantitative estimate of drug-likeness (QED) is 0.653. The van der Waals surface area contributed by atoms with Gasteiger partial charge in [-0.2, -0.15) is 0 Å². The van der Waals surface area contributed by atoms with Gasteiger partial charge in [0.1, 0.15) is 22.7 Å². The Hall–Kier alpha value is -3.29. The molecule has 0 amide bonds. The van der Waals surface area contributed by atoms with Gasteiger partial charge in [0.25, 0.3) is 5.56 Å². The molecule has 126 valence electrons. The first-order chi connectivity index (χ1) is 11.2. The molecule has 0 atom stereocenters. The maximum absolute atomic E-state index is 11.9. The number of nitrogens with two attached hydrogens (primary N) is 1. The maximum atomic E-state index is 11.9. The lowest BCUT2D eigenvalue weighted by Gasteiger charge is -2.13. The Labute approximate surface area is 136 Å². The molecule has 8 heteroatoms. The number of benzene rings is 1. The highest BCUT2D eigenvalue weighted by Gasteiger charge is 2.26. The third-order valence-corrected chi connectivity index (χ3v) is 3.19. The lowest BCUT2D eigenvalue weighted by atomic mass is 9.95. The first-order valence-corrected chi connectivity index (χ1v) is 7.01. The second-order valence-electron chi connectivity index (χ2n) is 5.29. The number of carboxylic acid groups (broad SMARTS) is 2. The largest absolute Gasteiger partial charge is 0.491 e. The van der Waals surface area contributed by atoms with E-state index in [2.05, 4.69) is 4.98 Å². The van der Waals surface area contributed by atoms with Gasteiger partial charge in [-0.15, -0.1) is 0 Å². The van der Waals surface area contributed by atoms with Gasteiger partial charge in [-0.05, 0) is 31.5 Å². The summed E-state index contributed by atoms with van der Waals surface area (Å²) in [6.45, 7) is 3.69. The third-order valence-electron chi connectivity index (χ3n) is 3.19. The Balaban J connectivity index is 2.74. The highest BCUT2D eigenvalue weighted by molar-refractivity contribution is 6.07. The third kappa shape index (κ3) is 3.22. The van der Waals surface area contributed by atoms with Gasteiger partial charge in [-0.3, -0.25) is 4.79 Å². The predicted molar refractivity (Wildman–Crippen MR) is 86.6 cm³/mol. The molecule has 0 saturated heterocycles. The first-order valence-electron chi connectivity index (χ1n) is 7.01. The number of aromatic nitrogens is 1. The van der Waals surface area contributed by atoms with Gasteiger partial charge in [-0.1, -0.05) is 12.1 Å². The Morgan fingerprint density at radius 3 is 2.08 bits per heavy atom. The van der Waals surface area contributed by atoms with E-state index in [9.17, 15) is 24.6 Å². The number of carboxylic acids is 2. The van der Waals surface area contributed by atoms with Crippen LogP contribution in [0.3, 0.4) is 0 Å². The molecule has 0 spiro atoms. The zero-order chi connectivity index (χ0) is 18.0. The second-order valence-corrected chi connectivity index (χ2v) is 5.29. The lowest BCUT2D eigenvalue weighted by Crippen LogP contribution is -2.24. The fourth-order valence-electron chi connectivity index (χ4n) is 2.31. The van der Waals surface area contributed by atoms with Crippen molar-refractivity contribution in [2.45, 2.75) is 20.0 Å². The van der Waals surface area contributed by atoms with E-state index in [1.165, 1.54) is 12.1 Å². The summed E-state index contributed by atoms with van der Waals surface area (Å²) in [5, 5.41) is 18.7. The summed E-state index contributed by atoms with van der Waals surface area (Å²) in [7, 11) is 0. The Kier molecular flexibility index (Phi) is 4.59. The van der Waals surface area contributed by atoms with E-state index in [1.54, 1.807) is 12.1 Å². The molecule has 8 nitrogen and oxygen atoms in total. The van der Waals surface area contributed by atoms with Gasteiger partial charge in [0.05, 0.1) is 6.10 Å². The highest BCUT2D eigenvalue weighted by Crippen LogP contribution is 2.30. The molecule has 0 unspecified atom stereocenters. The van der Waals surface area contributed by atoms with Crippen molar-refractivity contribution in [1.29, 1.82) is 0 Å². The van der Waals surface area contributed by atoms with Crippen molar-refractivity contribution < 1.29 is 24.5 Å². The number of rotatable bonds is 5. The number of nitrogens with one attached hydrogen (secondary N) is 1. The van der Waals surface area contributed by atoms with Crippen molar-refractivity contribution in [3.05, 3.63) is 45.7 Å². The van der Waals surface area contributed by atoms with Crippen molar-refractivity contribution in [3.8, 4) is 16.9 Å². The Morgan fingerprint density at radius 2 is 1.62 bits per heavy atom. The molecule has 2 rings (SSSR count). The standard InChI is InChI=1S/C16H16N2O6/c1-7(2)24-9-5-3-8(4-6-9)10-11(15(20)21)13(17)18-14(19)12(10)16(22)23/h3-7H,1-2H3,(H,20,21)(H,22,23)(H3,17,18,19). The lowest BCUT2D eigenvalue weighted by molar-refractivity contribution is 0.0695. The SMILES string of the molecule is CC(C)Oc1ccc(-c2c(C(=O)O)c(N)[nH]c(=O)c2C(=O)O)cc1. The van der Waals surface area contributed by atoms with Gasteiger partial charge < -0.3 is 25.7 Å². The number of carbonyl (C=O) groups is 2. The van der Waals surface area contributed by atoms with Crippen LogP contribution >= 0.6 is 0 Å². The molecular formula is C16H16N2O6. The van der Waals surface area contributed by atoms with Gasteiger partial charge in [-0.25, -0.2) is 9.59 Å². The van der Waals surface area contributed by atoms with Gasteiger partial charge in [0, 0.05) is 5.56 Å². The van der Waals surface area contributed by atoms with E-state index < -0.39 is 34.4 Å². The van der Waals surface area contributed by atoms with E-state index in [0.717, 1.165) is 0 Å². The van der Waals surface area contributed by atoms with Crippen LogP contribution in [-0.2, 0) is 0 Å². The zero-order valence-corrected chi connectivity index (χ0v) is 13.0. The van der Waals surface area contributed by atoms with Crippen molar-refractivity contribution in [1.82, 2.24) is 4.98 Å². The van der Waals surface area contributed by atoms with Crippen LogP contribution in [0.2, 0.25) is 0 Å². The summed E-state index contributed by atoms with van der Waals surface area (Å²) >= 11 is 0. The number of aromatic amines is 1. The Morgan fingerprint density at radius 1 is 1.08 bits per heavy atom. The number of nitrogen functional groups attached to an aromatic ring is 1. The average Bonchev–Trinajstić information content (AvgIpc) is 2.45. The molecule has 1 aromatic carbocycles. The summed E-state index contributed by atoms with van der Waals surface area (Å²) in [6.07, 6.45) is -0.0600. The molecule has 0 aliphatic rings. The van der Waals surface area contributed by atoms with Crippen LogP contribution in [0, 0.1) is 0 Å². The zero-order valence-electron chi connectivity index (χ0n) is 13.0. The summed E-state index contributed by atoms with van der Waals surface area (Å²) in [5.74, 6) is -2.87. The minimum absolute atomic E-state index is 0.0600. The number of anilines is 1. The minimum Gasteiger partial charge on any atom is -0.491 e. The maximum Gasteiger partial charge on any atom is 0.342 e. The molecule has 0 aliphatic carbocycles. The molecule has 2 aromatic rings. The van der Waals surface area contributed by atoms with Gasteiger partial charge in [0.15, 0.2) is 0 Å². The van der Waals surface area contributed by atoms with Crippen LogP contribution in [0.25, 0.3) is 11.1 Å². The number of pyridine rings is 1. The fraction of sp³-hybridized carbons (Fsp3) is 0.188. The summed E-state index contributed by atoms with van der Waals surface area (Å²) in [6, 6.07) is 6.07. The van der Waals surface area contributed by atoms with Gasteiger partial charge in [0.2, 0.25) is 0 Å². The molecule has 0 aliphatic heterocycles. The number of hydrogen-bond donors (Lipinski definition) is 4. The van der Waals surface area contributed by atoms with Crippen LogP contribution in [-0.4, -0.2) is 33.2 Å². The van der Waals surface area contributed by atoms with Crippen LogP contribution in [0.15, 0.2) is 29.1 Å². The first kappa shape index (κ1) is 17.1. The normalized spacial score (nSPS) is 10.6. The molecule has 0 saturated carbocycles. The van der Waals surface area contributed by atoms with E-state index >= 15 is 0 Å². The van der Waals surface area contributed by atoms with E-state index in [-0.39, 0.29) is 17.2 Å². The minimum atomic E-state index is -1.55. The molecule has 1 heterocycles. The number of H-pyrrole nitrogens is 1. The molecule has 0 bridgehead atoms. The highest BCUT2D eigenvalue weighted by atomic mass is 16.5. The van der Waals surface area contributed by atoms with Crippen LogP contribution < -0.4 is 16.0 Å². The van der Waals surface area contributed by atoms with Crippen LogP contribution in [0.4, 0.5) is 5.82 Å². The molecule has 1 aromatic heterocycles. The predicted octanol–water partition coefficient (Wildman–Crippen LogP) is 1.81. The number of aromatic carboxylic acids is 2. The van der Waals surface area contributed by atoms with Crippen molar-refractivity contribution in [2.24, 2.45) is 0 Å². The van der Waals surface area contributed by atoms with Gasteiger partial charge >= 0.3 is 11.9 Å². The molecule has 0 radical (unpaired) electrons. The molecule has 24 heavy (non-hydrogen) atoms. The summed E-state index contributed by atoms with van der Waals surface area (Å²) < 4.78 is 5.48. The van der Waals surface area contributed by atoms with E-state index in [1.807, 2.05) is 13.8 Å². The average molecular weight is 332 g/mol. The van der Waals surface area contributed by atoms with Crippen molar-refractivity contribution >= 4 is 17.8 Å². The topological polar surface area (TPSA) is 143 Å². The molecular weight excluding hydrogens is 316 g/mol. The van der Waals surface area contributed by atoms with Crippen molar-refractivity contribution in [3.63, 3.8) is 0 Å². The Bertz CT molecular complexity index is 852. The van der Waals surface area contributed by atoms with Crippen molar-refractivity contribution in [2.75, 3.05) is 5.73 Å². The monoisotopic (exact) mass is 332 g/mol. The number of hydrogen-bond acceptors (Lipinski definition) is 5. The van der Waals surface area contributed by atoms with Crippen LogP contribution in [0.5, 0.6) is 5.75 Å². The van der Waals surface area contributed by atoms with Crippen LogP contribution in [0.1, 0.15) is 34.6 Å². The smallest absolute Gasteiger partial charge is 0.342 e.